The summed E-state index contributed by atoms with van der Waals surface area (Å²) in [5.74, 6) is 0.0760. The van der Waals surface area contributed by atoms with E-state index >= 15 is 0 Å². The second-order valence-corrected chi connectivity index (χ2v) is 5.32. The molecule has 0 bridgehead atoms. The van der Waals surface area contributed by atoms with Crippen LogP contribution in [0.4, 0.5) is 0 Å². The summed E-state index contributed by atoms with van der Waals surface area (Å²) < 4.78 is 0. The fraction of sp³-hybridized carbons (Fsp3) is 0.923. The first-order chi connectivity index (χ1) is 7.54. The predicted octanol–water partition coefficient (Wildman–Crippen LogP) is 2.61. The van der Waals surface area contributed by atoms with E-state index in [1.165, 1.54) is 12.8 Å². The SMILES string of the molecule is CCCC(C)CN1CCC(CC)(C(=O)O)C1. The Hall–Kier alpha value is -0.570. The van der Waals surface area contributed by atoms with Crippen LogP contribution in [-0.4, -0.2) is 35.6 Å². The number of carbonyl (C=O) groups is 1. The number of hydrogen-bond donors (Lipinski definition) is 1. The molecule has 2 unspecified atom stereocenters. The van der Waals surface area contributed by atoms with Crippen LogP contribution in [0.25, 0.3) is 0 Å². The Morgan fingerprint density at radius 1 is 1.50 bits per heavy atom. The maximum absolute atomic E-state index is 11.3. The van der Waals surface area contributed by atoms with Crippen molar-refractivity contribution in [2.45, 2.75) is 46.5 Å². The van der Waals surface area contributed by atoms with Crippen LogP contribution in [0.3, 0.4) is 0 Å². The molecule has 1 heterocycles. The van der Waals surface area contributed by atoms with Crippen molar-refractivity contribution in [3.05, 3.63) is 0 Å². The molecule has 1 aliphatic heterocycles. The van der Waals surface area contributed by atoms with Crippen LogP contribution in [0.1, 0.15) is 46.5 Å². The molecule has 2 atom stereocenters. The molecule has 0 aromatic rings. The molecule has 1 rings (SSSR count). The molecule has 0 saturated carbocycles. The molecule has 16 heavy (non-hydrogen) atoms. The molecule has 0 aromatic heterocycles. The molecule has 3 heteroatoms. The van der Waals surface area contributed by atoms with Gasteiger partial charge < -0.3 is 10.0 Å². The lowest BCUT2D eigenvalue weighted by molar-refractivity contribution is -0.148. The van der Waals surface area contributed by atoms with E-state index in [4.69, 9.17) is 0 Å². The first-order valence-electron chi connectivity index (χ1n) is 6.50. The number of carboxylic acid groups (broad SMARTS) is 1. The summed E-state index contributed by atoms with van der Waals surface area (Å²) in [7, 11) is 0. The highest BCUT2D eigenvalue weighted by atomic mass is 16.4. The molecule has 1 saturated heterocycles. The Kier molecular flexibility index (Phi) is 4.78. The van der Waals surface area contributed by atoms with Crippen molar-refractivity contribution in [1.82, 2.24) is 4.90 Å². The Morgan fingerprint density at radius 2 is 2.19 bits per heavy atom. The number of nitrogens with zero attached hydrogens (tertiary/aromatic N) is 1. The van der Waals surface area contributed by atoms with E-state index in [-0.39, 0.29) is 0 Å². The molecule has 0 spiro atoms. The molecule has 1 N–H and O–H groups in total. The van der Waals surface area contributed by atoms with E-state index in [2.05, 4.69) is 18.7 Å². The predicted molar refractivity (Wildman–Crippen MR) is 65.5 cm³/mol. The van der Waals surface area contributed by atoms with Gasteiger partial charge in [-0.25, -0.2) is 0 Å². The van der Waals surface area contributed by atoms with E-state index in [0.717, 1.165) is 32.5 Å². The summed E-state index contributed by atoms with van der Waals surface area (Å²) >= 11 is 0. The minimum absolute atomic E-state index is 0.466. The zero-order valence-corrected chi connectivity index (χ0v) is 10.8. The molecule has 0 amide bonds. The first-order valence-corrected chi connectivity index (χ1v) is 6.50. The van der Waals surface area contributed by atoms with Gasteiger partial charge in [0.25, 0.3) is 0 Å². The Labute approximate surface area is 98.8 Å². The van der Waals surface area contributed by atoms with Gasteiger partial charge in [-0.2, -0.15) is 0 Å². The number of rotatable bonds is 6. The Balaban J connectivity index is 2.48. The highest BCUT2D eigenvalue weighted by molar-refractivity contribution is 5.75. The molecule has 0 aliphatic carbocycles. The third kappa shape index (κ3) is 2.97. The smallest absolute Gasteiger partial charge is 0.310 e. The zero-order chi connectivity index (χ0) is 12.2. The lowest BCUT2D eigenvalue weighted by atomic mass is 9.84. The molecule has 1 fully saturated rings. The van der Waals surface area contributed by atoms with Crippen LogP contribution in [0.2, 0.25) is 0 Å². The van der Waals surface area contributed by atoms with Gasteiger partial charge in [-0.05, 0) is 31.7 Å². The van der Waals surface area contributed by atoms with Gasteiger partial charge in [-0.15, -0.1) is 0 Å². The summed E-state index contributed by atoms with van der Waals surface area (Å²) in [6.45, 7) is 9.21. The third-order valence-corrected chi connectivity index (χ3v) is 3.91. The average Bonchev–Trinajstić information content (AvgIpc) is 2.63. The molecule has 1 aliphatic rings. The molecule has 3 nitrogen and oxygen atoms in total. The van der Waals surface area contributed by atoms with E-state index in [1.807, 2.05) is 6.92 Å². The van der Waals surface area contributed by atoms with Crippen LogP contribution in [0.5, 0.6) is 0 Å². The monoisotopic (exact) mass is 227 g/mol. The number of aliphatic carboxylic acids is 1. The quantitative estimate of drug-likeness (QED) is 0.758. The van der Waals surface area contributed by atoms with Gasteiger partial charge in [0.2, 0.25) is 0 Å². The number of hydrogen-bond acceptors (Lipinski definition) is 2. The van der Waals surface area contributed by atoms with Gasteiger partial charge in [-0.3, -0.25) is 4.79 Å². The Bertz CT molecular complexity index is 242. The molecule has 0 aromatic carbocycles. The highest BCUT2D eigenvalue weighted by Crippen LogP contribution is 2.34. The van der Waals surface area contributed by atoms with Crippen molar-refractivity contribution >= 4 is 5.97 Å². The van der Waals surface area contributed by atoms with Gasteiger partial charge in [0.05, 0.1) is 5.41 Å². The van der Waals surface area contributed by atoms with Crippen molar-refractivity contribution in [2.75, 3.05) is 19.6 Å². The molecular weight excluding hydrogens is 202 g/mol. The van der Waals surface area contributed by atoms with Gasteiger partial charge >= 0.3 is 5.97 Å². The largest absolute Gasteiger partial charge is 0.481 e. The average molecular weight is 227 g/mol. The minimum Gasteiger partial charge on any atom is -0.481 e. The van der Waals surface area contributed by atoms with E-state index in [9.17, 15) is 9.90 Å². The van der Waals surface area contributed by atoms with Crippen LogP contribution >= 0.6 is 0 Å². The fourth-order valence-corrected chi connectivity index (χ4v) is 2.75. The summed E-state index contributed by atoms with van der Waals surface area (Å²) in [5.41, 5.74) is -0.466. The van der Waals surface area contributed by atoms with Crippen LogP contribution in [-0.2, 0) is 4.79 Å². The van der Waals surface area contributed by atoms with Crippen molar-refractivity contribution in [3.8, 4) is 0 Å². The van der Waals surface area contributed by atoms with Crippen molar-refractivity contribution in [2.24, 2.45) is 11.3 Å². The zero-order valence-electron chi connectivity index (χ0n) is 10.8. The lowest BCUT2D eigenvalue weighted by Crippen LogP contribution is -2.35. The van der Waals surface area contributed by atoms with Gasteiger partial charge in [0, 0.05) is 13.1 Å². The normalized spacial score (nSPS) is 28.2. The van der Waals surface area contributed by atoms with Crippen LogP contribution < -0.4 is 0 Å². The highest BCUT2D eigenvalue weighted by Gasteiger charge is 2.43. The topological polar surface area (TPSA) is 40.5 Å². The van der Waals surface area contributed by atoms with Crippen molar-refractivity contribution in [3.63, 3.8) is 0 Å². The van der Waals surface area contributed by atoms with Crippen LogP contribution in [0, 0.1) is 11.3 Å². The van der Waals surface area contributed by atoms with E-state index < -0.39 is 11.4 Å². The standard InChI is InChI=1S/C13H25NO2/c1-4-6-11(3)9-14-8-7-13(5-2,10-14)12(15)16/h11H,4-10H2,1-3H3,(H,15,16). The van der Waals surface area contributed by atoms with Crippen LogP contribution in [0.15, 0.2) is 0 Å². The summed E-state index contributed by atoms with van der Waals surface area (Å²) in [4.78, 5) is 13.6. The number of carboxylic acids is 1. The molecular formula is C13H25NO2. The maximum atomic E-state index is 11.3. The first kappa shape index (κ1) is 13.5. The second kappa shape index (κ2) is 5.67. The summed E-state index contributed by atoms with van der Waals surface area (Å²) in [6.07, 6.45) is 4.02. The number of likely N-dealkylation sites (tertiary alicyclic amines) is 1. The van der Waals surface area contributed by atoms with E-state index in [1.54, 1.807) is 0 Å². The summed E-state index contributed by atoms with van der Waals surface area (Å²) in [5, 5.41) is 9.29. The fourth-order valence-electron chi connectivity index (χ4n) is 2.75. The Morgan fingerprint density at radius 3 is 2.62 bits per heavy atom. The summed E-state index contributed by atoms with van der Waals surface area (Å²) in [6, 6.07) is 0. The third-order valence-electron chi connectivity index (χ3n) is 3.91. The molecule has 0 radical (unpaired) electrons. The second-order valence-electron chi connectivity index (χ2n) is 5.32. The van der Waals surface area contributed by atoms with Crippen molar-refractivity contribution in [1.29, 1.82) is 0 Å². The van der Waals surface area contributed by atoms with Gasteiger partial charge in [-0.1, -0.05) is 27.2 Å². The van der Waals surface area contributed by atoms with Gasteiger partial charge in [0.1, 0.15) is 0 Å². The van der Waals surface area contributed by atoms with E-state index in [0.29, 0.717) is 5.92 Å². The minimum atomic E-state index is -0.611. The lowest BCUT2D eigenvalue weighted by Gasteiger charge is -2.24. The van der Waals surface area contributed by atoms with Gasteiger partial charge in [0.15, 0.2) is 0 Å². The van der Waals surface area contributed by atoms with Crippen molar-refractivity contribution < 1.29 is 9.90 Å². The molecule has 94 valence electrons. The maximum Gasteiger partial charge on any atom is 0.310 e.